The summed E-state index contributed by atoms with van der Waals surface area (Å²) in [6.45, 7) is 6.68. The van der Waals surface area contributed by atoms with E-state index < -0.39 is 0 Å². The summed E-state index contributed by atoms with van der Waals surface area (Å²) < 4.78 is 23.0. The molecular formula is C28H34N4O4. The van der Waals surface area contributed by atoms with Crippen LogP contribution in [-0.2, 0) is 6.61 Å². The van der Waals surface area contributed by atoms with E-state index in [0.29, 0.717) is 18.3 Å². The van der Waals surface area contributed by atoms with Gasteiger partial charge in [-0.25, -0.2) is 0 Å². The second-order valence-electron chi connectivity index (χ2n) is 9.06. The molecule has 1 unspecified atom stereocenters. The topological polar surface area (TPSA) is 92.8 Å². The first-order chi connectivity index (χ1) is 17.5. The second kappa shape index (κ2) is 11.8. The smallest absolute Gasteiger partial charge is 0.236 e. The number of likely N-dealkylation sites (tertiary alicyclic amines) is 1. The number of benzene rings is 2. The molecule has 8 nitrogen and oxygen atoms in total. The van der Waals surface area contributed by atoms with Gasteiger partial charge in [-0.3, -0.25) is 4.90 Å². The fourth-order valence-electron chi connectivity index (χ4n) is 4.68. The summed E-state index contributed by atoms with van der Waals surface area (Å²) in [5.74, 6) is 3.04. The lowest BCUT2D eigenvalue weighted by molar-refractivity contribution is 0.167. The highest BCUT2D eigenvalue weighted by Crippen LogP contribution is 2.35. The number of ether oxygens (including phenoxy) is 3. The number of methoxy groups -OCH3 is 2. The molecule has 0 aliphatic carbocycles. The van der Waals surface area contributed by atoms with Crippen LogP contribution in [0.15, 0.2) is 40.8 Å². The Morgan fingerprint density at radius 3 is 2.53 bits per heavy atom. The van der Waals surface area contributed by atoms with Crippen molar-refractivity contribution >= 4 is 5.88 Å². The summed E-state index contributed by atoms with van der Waals surface area (Å²) in [4.78, 5) is 6.79. The van der Waals surface area contributed by atoms with E-state index in [2.05, 4.69) is 27.3 Å². The van der Waals surface area contributed by atoms with Crippen LogP contribution in [0.25, 0.3) is 0 Å². The van der Waals surface area contributed by atoms with Crippen LogP contribution < -0.4 is 19.5 Å². The largest absolute Gasteiger partial charge is 0.497 e. The summed E-state index contributed by atoms with van der Waals surface area (Å²) >= 11 is 0. The summed E-state index contributed by atoms with van der Waals surface area (Å²) in [7, 11) is 3.34. The zero-order valence-electron chi connectivity index (χ0n) is 21.5. The van der Waals surface area contributed by atoms with Crippen molar-refractivity contribution in [1.82, 2.24) is 9.88 Å². The van der Waals surface area contributed by atoms with Gasteiger partial charge in [0.2, 0.25) is 17.5 Å². The molecule has 1 N–H and O–H groups in total. The zero-order chi connectivity index (χ0) is 25.5. The van der Waals surface area contributed by atoms with Crippen molar-refractivity contribution in [3.8, 4) is 23.3 Å². The normalized spacial score (nSPS) is 14.6. The third-order valence-corrected chi connectivity index (χ3v) is 6.54. The Morgan fingerprint density at radius 2 is 1.83 bits per heavy atom. The Morgan fingerprint density at radius 1 is 1.06 bits per heavy atom. The Hall–Kier alpha value is -3.70. The third-order valence-electron chi connectivity index (χ3n) is 6.54. The zero-order valence-corrected chi connectivity index (χ0v) is 21.5. The van der Waals surface area contributed by atoms with Crippen LogP contribution in [0.3, 0.4) is 0 Å². The van der Waals surface area contributed by atoms with Crippen molar-refractivity contribution in [2.75, 3.05) is 39.2 Å². The number of piperidine rings is 1. The van der Waals surface area contributed by atoms with Crippen molar-refractivity contribution in [3.05, 3.63) is 64.7 Å². The number of hydrogen-bond donors (Lipinski definition) is 1. The lowest BCUT2D eigenvalue weighted by Crippen LogP contribution is -2.37. The average molecular weight is 491 g/mol. The highest BCUT2D eigenvalue weighted by molar-refractivity contribution is 5.47. The van der Waals surface area contributed by atoms with Crippen molar-refractivity contribution in [1.29, 1.82) is 5.26 Å². The average Bonchev–Trinajstić information content (AvgIpc) is 3.31. The number of nitrogens with zero attached hydrogens (tertiary/aromatic N) is 3. The molecular weight excluding hydrogens is 456 g/mol. The number of hydrogen-bond acceptors (Lipinski definition) is 8. The highest BCUT2D eigenvalue weighted by atomic mass is 16.5. The molecule has 1 saturated heterocycles. The van der Waals surface area contributed by atoms with Gasteiger partial charge < -0.3 is 23.9 Å². The van der Waals surface area contributed by atoms with Crippen LogP contribution in [0.5, 0.6) is 17.2 Å². The Kier molecular flexibility index (Phi) is 8.34. The molecule has 0 saturated carbocycles. The van der Waals surface area contributed by atoms with Crippen molar-refractivity contribution in [2.24, 2.45) is 0 Å². The van der Waals surface area contributed by atoms with Crippen LogP contribution in [0.1, 0.15) is 53.6 Å². The molecule has 1 fully saturated rings. The molecule has 36 heavy (non-hydrogen) atoms. The fourth-order valence-corrected chi connectivity index (χ4v) is 4.68. The molecule has 0 amide bonds. The maximum atomic E-state index is 9.67. The van der Waals surface area contributed by atoms with Gasteiger partial charge in [-0.1, -0.05) is 24.1 Å². The summed E-state index contributed by atoms with van der Waals surface area (Å²) in [5, 5.41) is 13.0. The van der Waals surface area contributed by atoms with E-state index in [9.17, 15) is 5.26 Å². The first-order valence-electron chi connectivity index (χ1n) is 12.3. The molecule has 1 aliphatic heterocycles. The van der Waals surface area contributed by atoms with Gasteiger partial charge in [0.1, 0.15) is 23.3 Å². The molecule has 1 atom stereocenters. The number of anilines is 1. The maximum absolute atomic E-state index is 9.67. The maximum Gasteiger partial charge on any atom is 0.236 e. The molecule has 190 valence electrons. The number of aryl methyl sites for hydroxylation is 2. The van der Waals surface area contributed by atoms with E-state index >= 15 is 0 Å². The SMILES string of the molecule is COc1ccc(OC)c(C(CNc2oc(COc3ccc(C)cc3C)nc2C#N)N2CCCCC2)c1. The molecule has 1 aromatic heterocycles. The molecule has 0 bridgehead atoms. The lowest BCUT2D eigenvalue weighted by Gasteiger charge is -2.35. The van der Waals surface area contributed by atoms with E-state index in [-0.39, 0.29) is 18.3 Å². The van der Waals surface area contributed by atoms with Crippen molar-refractivity contribution < 1.29 is 18.6 Å². The molecule has 2 aromatic carbocycles. The summed E-state index contributed by atoms with van der Waals surface area (Å²) in [6, 6.07) is 14.0. The van der Waals surface area contributed by atoms with Crippen LogP contribution in [0.4, 0.5) is 5.88 Å². The van der Waals surface area contributed by atoms with Crippen LogP contribution in [-0.4, -0.2) is 43.7 Å². The second-order valence-corrected chi connectivity index (χ2v) is 9.06. The van der Waals surface area contributed by atoms with Crippen molar-refractivity contribution in [3.63, 3.8) is 0 Å². The van der Waals surface area contributed by atoms with Crippen LogP contribution in [0, 0.1) is 25.2 Å². The van der Waals surface area contributed by atoms with E-state index in [1.165, 1.54) is 12.0 Å². The van der Waals surface area contributed by atoms with Crippen LogP contribution >= 0.6 is 0 Å². The Balaban J connectivity index is 1.53. The van der Waals surface area contributed by atoms with E-state index in [4.69, 9.17) is 18.6 Å². The third kappa shape index (κ3) is 5.92. The number of oxazole rings is 1. The van der Waals surface area contributed by atoms with Gasteiger partial charge in [0.05, 0.1) is 20.3 Å². The quantitative estimate of drug-likeness (QED) is 0.404. The minimum Gasteiger partial charge on any atom is -0.497 e. The molecule has 8 heteroatoms. The first-order valence-corrected chi connectivity index (χ1v) is 12.3. The van der Waals surface area contributed by atoms with Gasteiger partial charge in [-0.15, -0.1) is 0 Å². The monoisotopic (exact) mass is 490 g/mol. The van der Waals surface area contributed by atoms with Gasteiger partial charge in [0.25, 0.3) is 0 Å². The van der Waals surface area contributed by atoms with E-state index in [1.54, 1.807) is 14.2 Å². The van der Waals surface area contributed by atoms with Gasteiger partial charge in [-0.05, 0) is 69.6 Å². The predicted octanol–water partition coefficient (Wildman–Crippen LogP) is 5.40. The first kappa shape index (κ1) is 25.4. The van der Waals surface area contributed by atoms with Gasteiger partial charge in [0.15, 0.2) is 6.61 Å². The van der Waals surface area contributed by atoms with Gasteiger partial charge in [-0.2, -0.15) is 10.2 Å². The van der Waals surface area contributed by atoms with Gasteiger partial charge >= 0.3 is 0 Å². The number of nitriles is 1. The Labute approximate surface area is 212 Å². The summed E-state index contributed by atoms with van der Waals surface area (Å²) in [6.07, 6.45) is 3.53. The highest BCUT2D eigenvalue weighted by Gasteiger charge is 2.27. The molecule has 0 radical (unpaired) electrons. The summed E-state index contributed by atoms with van der Waals surface area (Å²) in [5.41, 5.74) is 3.45. The Bertz CT molecular complexity index is 1210. The minimum absolute atomic E-state index is 0.00176. The standard InChI is InChI=1S/C28H34N4O4/c1-19-8-10-25(20(2)14-19)35-18-27-31-23(16-29)28(36-27)30-17-24(32-12-6-5-7-13-32)22-15-21(33-3)9-11-26(22)34-4/h8-11,14-15,24,30H,5-7,12-13,17-18H2,1-4H3. The predicted molar refractivity (Wildman–Crippen MR) is 138 cm³/mol. The molecule has 2 heterocycles. The fraction of sp³-hybridized carbons (Fsp3) is 0.429. The van der Waals surface area contributed by atoms with E-state index in [1.807, 2.05) is 44.2 Å². The molecule has 1 aliphatic rings. The van der Waals surface area contributed by atoms with Crippen molar-refractivity contribution in [2.45, 2.75) is 45.8 Å². The van der Waals surface area contributed by atoms with E-state index in [0.717, 1.165) is 54.3 Å². The molecule has 3 aromatic rings. The number of aromatic nitrogens is 1. The van der Waals surface area contributed by atoms with Crippen LogP contribution in [0.2, 0.25) is 0 Å². The minimum atomic E-state index is 0.00176. The number of nitrogens with one attached hydrogen (secondary N) is 1. The lowest BCUT2D eigenvalue weighted by atomic mass is 10.00. The number of rotatable bonds is 10. The molecule has 0 spiro atoms. The van der Waals surface area contributed by atoms with Gasteiger partial charge in [0, 0.05) is 12.1 Å². The molecule has 4 rings (SSSR count).